The van der Waals surface area contributed by atoms with Crippen molar-refractivity contribution in [3.8, 4) is 0 Å². The molecule has 0 bridgehead atoms. The van der Waals surface area contributed by atoms with E-state index >= 15 is 0 Å². The minimum absolute atomic E-state index is 0.0480. The normalized spacial score (nSPS) is 28.1. The highest BCUT2D eigenvalue weighted by molar-refractivity contribution is 5.66. The molecule has 0 heterocycles. The molecule has 0 aliphatic heterocycles. The first-order valence-corrected chi connectivity index (χ1v) is 11.0. The quantitative estimate of drug-likeness (QED) is 0.323. The second-order valence-electron chi connectivity index (χ2n) is 8.75. The molecular weight excluding hydrogens is 352 g/mol. The van der Waals surface area contributed by atoms with Crippen molar-refractivity contribution in [1.82, 2.24) is 0 Å². The predicted octanol–water partition coefficient (Wildman–Crippen LogP) is 5.02. The molecule has 4 nitrogen and oxygen atoms in total. The molecule has 0 spiro atoms. The number of carboxylic acid groups (broad SMARTS) is 1. The number of unbranched alkanes of at least 4 members (excludes halogenated alkanes) is 1. The van der Waals surface area contributed by atoms with Gasteiger partial charge in [0, 0.05) is 12.3 Å². The number of carboxylic acids is 1. The van der Waals surface area contributed by atoms with Crippen molar-refractivity contribution in [2.24, 2.45) is 17.3 Å². The molecule has 28 heavy (non-hydrogen) atoms. The van der Waals surface area contributed by atoms with Gasteiger partial charge in [0.05, 0.1) is 12.2 Å². The SMILES string of the molecule is C=C1C[C@@H](O)[C@H](/C=C/CC(O)C2(CCC)CCC2)[C@H]1C/C=C\CCCC(=O)O. The summed E-state index contributed by atoms with van der Waals surface area (Å²) in [5.41, 5.74) is 1.20. The fourth-order valence-electron chi connectivity index (χ4n) is 4.91. The first kappa shape index (κ1) is 22.9. The summed E-state index contributed by atoms with van der Waals surface area (Å²) in [4.78, 5) is 10.5. The van der Waals surface area contributed by atoms with Crippen LogP contribution in [0.2, 0.25) is 0 Å². The Balaban J connectivity index is 1.85. The lowest BCUT2D eigenvalue weighted by Gasteiger charge is -2.45. The van der Waals surface area contributed by atoms with Crippen molar-refractivity contribution in [2.75, 3.05) is 0 Å². The molecule has 4 heteroatoms. The zero-order chi connectivity index (χ0) is 20.6. The van der Waals surface area contributed by atoms with Crippen molar-refractivity contribution in [3.63, 3.8) is 0 Å². The van der Waals surface area contributed by atoms with Gasteiger partial charge in [-0.1, -0.05) is 56.2 Å². The Morgan fingerprint density at radius 3 is 2.68 bits per heavy atom. The van der Waals surface area contributed by atoms with Crippen LogP contribution < -0.4 is 0 Å². The van der Waals surface area contributed by atoms with Gasteiger partial charge >= 0.3 is 5.97 Å². The molecule has 0 amide bonds. The van der Waals surface area contributed by atoms with Crippen LogP contribution in [-0.2, 0) is 4.79 Å². The Bertz CT molecular complexity index is 573. The van der Waals surface area contributed by atoms with Crippen LogP contribution in [0.4, 0.5) is 0 Å². The number of hydrogen-bond acceptors (Lipinski definition) is 3. The van der Waals surface area contributed by atoms with Crippen LogP contribution in [0.3, 0.4) is 0 Å². The van der Waals surface area contributed by atoms with E-state index in [1.807, 2.05) is 6.08 Å². The Morgan fingerprint density at radius 1 is 1.32 bits per heavy atom. The van der Waals surface area contributed by atoms with E-state index in [0.29, 0.717) is 19.3 Å². The van der Waals surface area contributed by atoms with Crippen molar-refractivity contribution in [3.05, 3.63) is 36.5 Å². The van der Waals surface area contributed by atoms with Crippen LogP contribution in [-0.4, -0.2) is 33.5 Å². The summed E-state index contributed by atoms with van der Waals surface area (Å²) in [6.45, 7) is 6.33. The van der Waals surface area contributed by atoms with Crippen LogP contribution in [0.15, 0.2) is 36.5 Å². The van der Waals surface area contributed by atoms with Gasteiger partial charge in [0.25, 0.3) is 0 Å². The van der Waals surface area contributed by atoms with Gasteiger partial charge in [0.2, 0.25) is 0 Å². The second-order valence-corrected chi connectivity index (χ2v) is 8.75. The summed E-state index contributed by atoms with van der Waals surface area (Å²) >= 11 is 0. The number of allylic oxidation sites excluding steroid dienone is 2. The van der Waals surface area contributed by atoms with Gasteiger partial charge in [-0.25, -0.2) is 0 Å². The van der Waals surface area contributed by atoms with Crippen molar-refractivity contribution < 1.29 is 20.1 Å². The highest BCUT2D eigenvalue weighted by Gasteiger charge is 2.42. The largest absolute Gasteiger partial charge is 0.481 e. The molecule has 0 saturated heterocycles. The summed E-state index contributed by atoms with van der Waals surface area (Å²) in [6, 6.07) is 0. The first-order chi connectivity index (χ1) is 13.4. The fourth-order valence-corrected chi connectivity index (χ4v) is 4.91. The number of aliphatic carboxylic acids is 1. The van der Waals surface area contributed by atoms with Gasteiger partial charge in [-0.05, 0) is 62.7 Å². The maximum absolute atomic E-state index is 10.7. The number of aliphatic hydroxyl groups excluding tert-OH is 2. The van der Waals surface area contributed by atoms with Crippen LogP contribution in [0.25, 0.3) is 0 Å². The molecule has 2 aliphatic rings. The molecule has 2 aliphatic carbocycles. The number of aliphatic hydroxyl groups is 2. The minimum atomic E-state index is -0.754. The Hall–Kier alpha value is -1.39. The molecule has 0 aromatic heterocycles. The van der Waals surface area contributed by atoms with Gasteiger partial charge in [-0.15, -0.1) is 0 Å². The van der Waals surface area contributed by atoms with Gasteiger partial charge in [-0.3, -0.25) is 4.79 Å². The van der Waals surface area contributed by atoms with E-state index in [2.05, 4.69) is 31.7 Å². The molecule has 0 radical (unpaired) electrons. The van der Waals surface area contributed by atoms with E-state index in [-0.39, 0.29) is 29.8 Å². The minimum Gasteiger partial charge on any atom is -0.481 e. The highest BCUT2D eigenvalue weighted by Crippen LogP contribution is 2.48. The molecule has 2 rings (SSSR count). The van der Waals surface area contributed by atoms with Gasteiger partial charge in [-0.2, -0.15) is 0 Å². The second kappa shape index (κ2) is 11.0. The van der Waals surface area contributed by atoms with Crippen LogP contribution in [0.5, 0.6) is 0 Å². The summed E-state index contributed by atoms with van der Waals surface area (Å²) in [7, 11) is 0. The van der Waals surface area contributed by atoms with Crippen molar-refractivity contribution >= 4 is 5.97 Å². The monoisotopic (exact) mass is 390 g/mol. The smallest absolute Gasteiger partial charge is 0.303 e. The topological polar surface area (TPSA) is 77.8 Å². The molecule has 3 N–H and O–H groups in total. The maximum atomic E-state index is 10.7. The van der Waals surface area contributed by atoms with Gasteiger partial charge in [0.15, 0.2) is 0 Å². The third-order valence-electron chi connectivity index (χ3n) is 6.74. The van der Waals surface area contributed by atoms with E-state index in [1.54, 1.807) is 0 Å². The molecule has 2 fully saturated rings. The standard InChI is InChI=1S/C24H38O4/c1-3-14-24(15-9-16-24)22(26)12-8-11-20-19(18(2)17-21(20)25)10-6-4-5-7-13-23(27)28/h4,6,8,11,19-22,25-26H,2-3,5,7,9-10,12-17H2,1H3,(H,27,28)/b6-4-,11-8+/t19-,20+,21+,22?/m0/s1. The van der Waals surface area contributed by atoms with E-state index in [0.717, 1.165) is 44.1 Å². The third-order valence-corrected chi connectivity index (χ3v) is 6.74. The molecule has 2 saturated carbocycles. The number of rotatable bonds is 12. The fraction of sp³-hybridized carbons (Fsp3) is 0.708. The molecule has 158 valence electrons. The molecular formula is C24H38O4. The zero-order valence-corrected chi connectivity index (χ0v) is 17.4. The van der Waals surface area contributed by atoms with Crippen LogP contribution in [0, 0.1) is 17.3 Å². The van der Waals surface area contributed by atoms with E-state index in [1.165, 1.54) is 6.42 Å². The highest BCUT2D eigenvalue weighted by atomic mass is 16.4. The first-order valence-electron chi connectivity index (χ1n) is 11.0. The molecule has 0 aromatic rings. The average Bonchev–Trinajstić information content (AvgIpc) is 2.87. The van der Waals surface area contributed by atoms with E-state index < -0.39 is 12.1 Å². The zero-order valence-electron chi connectivity index (χ0n) is 17.4. The van der Waals surface area contributed by atoms with E-state index in [9.17, 15) is 15.0 Å². The van der Waals surface area contributed by atoms with Crippen LogP contribution >= 0.6 is 0 Å². The third kappa shape index (κ3) is 6.05. The van der Waals surface area contributed by atoms with Crippen LogP contribution in [0.1, 0.15) is 77.6 Å². The Kier molecular flexibility index (Phi) is 8.97. The average molecular weight is 391 g/mol. The summed E-state index contributed by atoms with van der Waals surface area (Å²) in [5.74, 6) is -0.491. The lowest BCUT2D eigenvalue weighted by Crippen LogP contribution is -2.41. The summed E-state index contributed by atoms with van der Waals surface area (Å²) < 4.78 is 0. The maximum Gasteiger partial charge on any atom is 0.303 e. The number of carbonyl (C=O) groups is 1. The summed E-state index contributed by atoms with van der Waals surface area (Å²) in [5, 5.41) is 29.8. The number of hydrogen-bond donors (Lipinski definition) is 3. The van der Waals surface area contributed by atoms with Crippen molar-refractivity contribution in [1.29, 1.82) is 0 Å². The molecule has 1 unspecified atom stereocenters. The van der Waals surface area contributed by atoms with Gasteiger partial charge in [0.1, 0.15) is 0 Å². The lowest BCUT2D eigenvalue weighted by atomic mass is 9.62. The summed E-state index contributed by atoms with van der Waals surface area (Å²) in [6.07, 6.45) is 17.0. The van der Waals surface area contributed by atoms with E-state index in [4.69, 9.17) is 5.11 Å². The molecule has 0 aromatic carbocycles. The molecule has 4 atom stereocenters. The lowest BCUT2D eigenvalue weighted by molar-refractivity contribution is -0.137. The Labute approximate surface area is 170 Å². The van der Waals surface area contributed by atoms with Crippen molar-refractivity contribution in [2.45, 2.75) is 89.8 Å². The van der Waals surface area contributed by atoms with Gasteiger partial charge < -0.3 is 15.3 Å². The predicted molar refractivity (Wildman–Crippen MR) is 113 cm³/mol. The Morgan fingerprint density at radius 2 is 2.07 bits per heavy atom.